The Kier molecular flexibility index (Phi) is 2.83. The van der Waals surface area contributed by atoms with Gasteiger partial charge in [0.2, 0.25) is 10.0 Å². The number of carboxylic acid groups (broad SMARTS) is 1. The van der Waals surface area contributed by atoms with Gasteiger partial charge in [0.25, 0.3) is 0 Å². The molecule has 6 heteroatoms. The summed E-state index contributed by atoms with van der Waals surface area (Å²) in [4.78, 5) is 11.3. The number of aliphatic carboxylic acids is 1. The second-order valence-electron chi connectivity index (χ2n) is 5.85. The van der Waals surface area contributed by atoms with E-state index in [1.54, 1.807) is 24.3 Å². The van der Waals surface area contributed by atoms with E-state index in [4.69, 9.17) is 0 Å². The predicted molar refractivity (Wildman–Crippen MR) is 75.3 cm³/mol. The summed E-state index contributed by atoms with van der Waals surface area (Å²) in [6.45, 7) is 2.40. The molecule has 1 aliphatic carbocycles. The van der Waals surface area contributed by atoms with Crippen molar-refractivity contribution in [1.82, 2.24) is 0 Å². The summed E-state index contributed by atoms with van der Waals surface area (Å²) in [5, 5.41) is 9.25. The molecule has 0 spiro atoms. The molecule has 1 N–H and O–H groups in total. The first-order chi connectivity index (χ1) is 9.35. The van der Waals surface area contributed by atoms with Crippen LogP contribution >= 0.6 is 0 Å². The molecule has 1 saturated carbocycles. The minimum Gasteiger partial charge on any atom is -0.481 e. The van der Waals surface area contributed by atoms with Crippen LogP contribution in [0.4, 0.5) is 5.69 Å². The van der Waals surface area contributed by atoms with Gasteiger partial charge in [0.15, 0.2) is 0 Å². The third kappa shape index (κ3) is 1.98. The van der Waals surface area contributed by atoms with Crippen LogP contribution in [0, 0.1) is 5.92 Å². The van der Waals surface area contributed by atoms with Gasteiger partial charge in [-0.1, -0.05) is 19.1 Å². The Morgan fingerprint density at radius 3 is 2.30 bits per heavy atom. The van der Waals surface area contributed by atoms with Crippen LogP contribution in [0.2, 0.25) is 0 Å². The third-order valence-corrected chi connectivity index (χ3v) is 6.20. The Labute approximate surface area is 118 Å². The maximum absolute atomic E-state index is 12.0. The fourth-order valence-electron chi connectivity index (χ4n) is 2.86. The molecular weight excluding hydrogens is 278 g/mol. The molecule has 1 unspecified atom stereocenters. The van der Waals surface area contributed by atoms with Gasteiger partial charge in [0.05, 0.1) is 16.9 Å². The third-order valence-electron chi connectivity index (χ3n) is 4.18. The summed E-state index contributed by atoms with van der Waals surface area (Å²) in [5.74, 6) is -0.505. The van der Waals surface area contributed by atoms with E-state index in [9.17, 15) is 18.3 Å². The van der Waals surface area contributed by atoms with E-state index < -0.39 is 21.4 Å². The fourth-order valence-corrected chi connectivity index (χ4v) is 4.79. The van der Waals surface area contributed by atoms with Crippen molar-refractivity contribution in [2.45, 2.75) is 25.2 Å². The van der Waals surface area contributed by atoms with Crippen molar-refractivity contribution >= 4 is 21.7 Å². The molecule has 5 nitrogen and oxygen atoms in total. The highest BCUT2D eigenvalue weighted by Gasteiger charge is 2.51. The molecule has 1 aromatic rings. The molecule has 0 aromatic heterocycles. The Morgan fingerprint density at radius 2 is 1.90 bits per heavy atom. The molecule has 2 aliphatic rings. The highest BCUT2D eigenvalue weighted by molar-refractivity contribution is 7.93. The lowest BCUT2D eigenvalue weighted by atomic mass is 9.96. The van der Waals surface area contributed by atoms with Crippen LogP contribution in [0.1, 0.15) is 25.3 Å². The van der Waals surface area contributed by atoms with Gasteiger partial charge in [-0.3, -0.25) is 9.10 Å². The van der Waals surface area contributed by atoms with E-state index in [0.717, 1.165) is 5.56 Å². The van der Waals surface area contributed by atoms with Crippen molar-refractivity contribution in [1.29, 1.82) is 0 Å². The summed E-state index contributed by atoms with van der Waals surface area (Å²) in [5.41, 5.74) is 0.646. The summed E-state index contributed by atoms with van der Waals surface area (Å²) in [7, 11) is -3.22. The van der Waals surface area contributed by atoms with Gasteiger partial charge in [-0.2, -0.15) is 0 Å². The minimum absolute atomic E-state index is 0.119. The predicted octanol–water partition coefficient (Wildman–Crippen LogP) is 1.59. The number of nitrogens with zero attached hydrogens (tertiary/aromatic N) is 1. The molecule has 20 heavy (non-hydrogen) atoms. The first kappa shape index (κ1) is 13.4. The highest BCUT2D eigenvalue weighted by atomic mass is 32.2. The molecule has 1 aromatic carbocycles. The van der Waals surface area contributed by atoms with E-state index in [1.165, 1.54) is 4.31 Å². The number of hydrogen-bond donors (Lipinski definition) is 1. The van der Waals surface area contributed by atoms with Crippen LogP contribution in [0.5, 0.6) is 0 Å². The van der Waals surface area contributed by atoms with Crippen molar-refractivity contribution < 1.29 is 18.3 Å². The lowest BCUT2D eigenvalue weighted by Crippen LogP contribution is -2.25. The highest BCUT2D eigenvalue weighted by Crippen LogP contribution is 2.48. The van der Waals surface area contributed by atoms with E-state index in [1.807, 2.05) is 6.92 Å². The number of carbonyl (C=O) groups is 1. The fraction of sp³-hybridized carbons (Fsp3) is 0.500. The first-order valence-corrected chi connectivity index (χ1v) is 8.30. The van der Waals surface area contributed by atoms with Gasteiger partial charge in [-0.05, 0) is 36.5 Å². The molecule has 1 aliphatic heterocycles. The second-order valence-corrected chi connectivity index (χ2v) is 7.79. The number of rotatable bonds is 3. The van der Waals surface area contributed by atoms with Crippen molar-refractivity contribution in [2.75, 3.05) is 16.6 Å². The van der Waals surface area contributed by atoms with E-state index in [-0.39, 0.29) is 11.7 Å². The zero-order valence-electron chi connectivity index (χ0n) is 11.2. The summed E-state index contributed by atoms with van der Waals surface area (Å²) >= 11 is 0. The number of sulfonamides is 1. The Bertz CT molecular complexity index is 646. The Balaban J connectivity index is 1.90. The van der Waals surface area contributed by atoms with Gasteiger partial charge < -0.3 is 5.11 Å². The van der Waals surface area contributed by atoms with Crippen LogP contribution in [0.25, 0.3) is 0 Å². The first-order valence-electron chi connectivity index (χ1n) is 6.69. The van der Waals surface area contributed by atoms with Crippen LogP contribution < -0.4 is 4.31 Å². The lowest BCUT2D eigenvalue weighted by Gasteiger charge is -2.18. The molecule has 3 rings (SSSR count). The van der Waals surface area contributed by atoms with Crippen molar-refractivity contribution in [3.8, 4) is 0 Å². The summed E-state index contributed by atoms with van der Waals surface area (Å²) in [6, 6.07) is 6.92. The monoisotopic (exact) mass is 295 g/mol. The van der Waals surface area contributed by atoms with Crippen molar-refractivity contribution in [3.05, 3.63) is 29.8 Å². The normalized spacial score (nSPS) is 26.4. The van der Waals surface area contributed by atoms with Crippen LogP contribution in [0.3, 0.4) is 0 Å². The molecule has 0 amide bonds. The maximum Gasteiger partial charge on any atom is 0.314 e. The standard InChI is InChI=1S/C14H17NO4S/c1-10-8-15(20(18,19)9-10)12-4-2-11(3-5-12)14(6-7-14)13(16)17/h2-5,10H,6-9H2,1H3,(H,16,17). The van der Waals surface area contributed by atoms with Crippen molar-refractivity contribution in [2.24, 2.45) is 5.92 Å². The average molecular weight is 295 g/mol. The summed E-state index contributed by atoms with van der Waals surface area (Å²) in [6.07, 6.45) is 1.31. The number of benzene rings is 1. The average Bonchev–Trinajstić information content (AvgIpc) is 3.12. The van der Waals surface area contributed by atoms with Gasteiger partial charge in [-0.25, -0.2) is 8.42 Å². The van der Waals surface area contributed by atoms with Crippen LogP contribution in [-0.4, -0.2) is 31.8 Å². The minimum atomic E-state index is -3.22. The van der Waals surface area contributed by atoms with Crippen LogP contribution in [0.15, 0.2) is 24.3 Å². The van der Waals surface area contributed by atoms with Gasteiger partial charge in [0, 0.05) is 6.54 Å². The largest absolute Gasteiger partial charge is 0.481 e. The quantitative estimate of drug-likeness (QED) is 0.919. The Morgan fingerprint density at radius 1 is 1.30 bits per heavy atom. The van der Waals surface area contributed by atoms with E-state index in [0.29, 0.717) is 25.1 Å². The lowest BCUT2D eigenvalue weighted by molar-refractivity contribution is -0.140. The summed E-state index contributed by atoms with van der Waals surface area (Å²) < 4.78 is 25.4. The van der Waals surface area contributed by atoms with Gasteiger partial charge >= 0.3 is 5.97 Å². The van der Waals surface area contributed by atoms with Gasteiger partial charge in [-0.15, -0.1) is 0 Å². The zero-order valence-corrected chi connectivity index (χ0v) is 12.1. The molecule has 1 saturated heterocycles. The topological polar surface area (TPSA) is 74.7 Å². The molecule has 2 fully saturated rings. The zero-order chi connectivity index (χ0) is 14.5. The van der Waals surface area contributed by atoms with Crippen molar-refractivity contribution in [3.63, 3.8) is 0 Å². The molecule has 0 radical (unpaired) electrons. The maximum atomic E-state index is 12.0. The smallest absolute Gasteiger partial charge is 0.314 e. The number of carboxylic acids is 1. The molecule has 108 valence electrons. The van der Waals surface area contributed by atoms with E-state index in [2.05, 4.69) is 0 Å². The SMILES string of the molecule is CC1CN(c2ccc(C3(C(=O)O)CC3)cc2)S(=O)(=O)C1. The Hall–Kier alpha value is -1.56. The number of hydrogen-bond acceptors (Lipinski definition) is 3. The molecule has 0 bridgehead atoms. The number of anilines is 1. The molecule has 1 heterocycles. The van der Waals surface area contributed by atoms with E-state index >= 15 is 0 Å². The molecule has 1 atom stereocenters. The van der Waals surface area contributed by atoms with Crippen LogP contribution in [-0.2, 0) is 20.2 Å². The molecular formula is C14H17NO4S. The second kappa shape index (κ2) is 4.22. The van der Waals surface area contributed by atoms with Gasteiger partial charge in [0.1, 0.15) is 0 Å².